The van der Waals surface area contributed by atoms with Crippen molar-refractivity contribution in [2.24, 2.45) is 0 Å². The molecule has 1 N–H and O–H groups in total. The van der Waals surface area contributed by atoms with Crippen molar-refractivity contribution in [2.75, 3.05) is 0 Å². The van der Waals surface area contributed by atoms with Gasteiger partial charge in [0.05, 0.1) is 0 Å². The molecule has 15 heavy (non-hydrogen) atoms. The molecule has 0 atom stereocenters. The molecular formula is C12H24O2Rh. The number of rotatable bonds is 1. The second kappa shape index (κ2) is 3.55. The topological polar surface area (TPSA) is 37.3 Å². The summed E-state index contributed by atoms with van der Waals surface area (Å²) in [7, 11) is 0. The molecule has 0 radical (unpaired) electrons. The second-order valence-corrected chi connectivity index (χ2v) is 28.2. The third-order valence-electron chi connectivity index (χ3n) is 1.79. The standard InChI is InChI=1S/C5H5.C2H4O2.5CH3.Rh/c1-2-4-5-3-1;1-2(3)4;;;;;;/h1-5H;1H3,(H,3,4);5*1H3;. The Balaban J connectivity index is 0.000000423. The molecule has 1 rings (SSSR count). The van der Waals surface area contributed by atoms with Gasteiger partial charge in [0.2, 0.25) is 0 Å². The predicted molar refractivity (Wildman–Crippen MR) is 64.7 cm³/mol. The molecule has 0 heterocycles. The van der Waals surface area contributed by atoms with Crippen molar-refractivity contribution in [1.82, 2.24) is 0 Å². The molecule has 0 fully saturated rings. The van der Waals surface area contributed by atoms with Gasteiger partial charge < -0.3 is 5.11 Å². The van der Waals surface area contributed by atoms with Crippen LogP contribution >= 0.6 is 0 Å². The van der Waals surface area contributed by atoms with E-state index in [1.165, 1.54) is 0 Å². The molecule has 0 aromatic carbocycles. The van der Waals surface area contributed by atoms with E-state index in [-0.39, 0.29) is 0 Å². The van der Waals surface area contributed by atoms with Crippen LogP contribution in [0.2, 0.25) is 32.1 Å². The number of allylic oxidation sites excluding steroid dienone is 4. The van der Waals surface area contributed by atoms with Crippen LogP contribution in [0.1, 0.15) is 6.92 Å². The van der Waals surface area contributed by atoms with E-state index in [0.717, 1.165) is 6.92 Å². The summed E-state index contributed by atoms with van der Waals surface area (Å²) in [4.78, 5) is 9.00. The molecule has 0 unspecified atom stereocenters. The van der Waals surface area contributed by atoms with Crippen molar-refractivity contribution in [3.8, 4) is 0 Å². The van der Waals surface area contributed by atoms with Crippen molar-refractivity contribution >= 4 is 5.97 Å². The molecular weight excluding hydrogens is 279 g/mol. The molecule has 0 bridgehead atoms. The van der Waals surface area contributed by atoms with Crippen LogP contribution < -0.4 is 0 Å². The summed E-state index contributed by atoms with van der Waals surface area (Å²) in [6.45, 7) is 1.08. The maximum atomic E-state index is 9.00. The normalized spacial score (nSPS) is 20.1. The monoisotopic (exact) mass is 303 g/mol. The van der Waals surface area contributed by atoms with Gasteiger partial charge in [0.25, 0.3) is 5.97 Å². The molecule has 0 amide bonds. The summed E-state index contributed by atoms with van der Waals surface area (Å²) in [6, 6.07) is 0. The van der Waals surface area contributed by atoms with E-state index in [1.54, 1.807) is 0 Å². The van der Waals surface area contributed by atoms with E-state index < -0.39 is 18.4 Å². The number of hydrogen-bond donors (Lipinski definition) is 1. The fourth-order valence-electron chi connectivity index (χ4n) is 1.04. The van der Waals surface area contributed by atoms with Crippen LogP contribution in [0.25, 0.3) is 0 Å². The van der Waals surface area contributed by atoms with E-state index in [1.807, 2.05) is 0 Å². The quantitative estimate of drug-likeness (QED) is 0.726. The molecule has 0 saturated carbocycles. The zero-order valence-corrected chi connectivity index (χ0v) is 12.2. The van der Waals surface area contributed by atoms with E-state index in [0.29, 0.717) is 4.51 Å². The van der Waals surface area contributed by atoms with Crippen LogP contribution in [0.15, 0.2) is 24.3 Å². The van der Waals surface area contributed by atoms with Gasteiger partial charge in [0, 0.05) is 6.92 Å². The molecule has 1 aliphatic carbocycles. The Morgan fingerprint density at radius 2 is 1.33 bits per heavy atom. The third kappa shape index (κ3) is 6.62. The molecule has 0 aromatic rings. The van der Waals surface area contributed by atoms with Crippen LogP contribution in [-0.4, -0.2) is 11.1 Å². The van der Waals surface area contributed by atoms with E-state index in [4.69, 9.17) is 9.90 Å². The first-order valence-corrected chi connectivity index (χ1v) is 13.6. The summed E-state index contributed by atoms with van der Waals surface area (Å²) < 4.78 is 0.713. The summed E-state index contributed by atoms with van der Waals surface area (Å²) in [6.07, 6.45) is 9.03. The molecule has 2 nitrogen and oxygen atoms in total. The maximum absolute atomic E-state index is 9.00. The Morgan fingerprint density at radius 1 is 1.07 bits per heavy atom. The Kier molecular flexibility index (Phi) is 3.45. The Morgan fingerprint density at radius 3 is 1.47 bits per heavy atom. The van der Waals surface area contributed by atoms with Crippen LogP contribution in [0.4, 0.5) is 0 Å². The number of carboxylic acid groups (broad SMARTS) is 1. The minimum atomic E-state index is -2.37. The fourth-order valence-corrected chi connectivity index (χ4v) is 4.55. The van der Waals surface area contributed by atoms with E-state index >= 15 is 0 Å². The van der Waals surface area contributed by atoms with Gasteiger partial charge in [0.15, 0.2) is 0 Å². The summed E-state index contributed by atoms with van der Waals surface area (Å²) in [5.74, 6) is -0.833. The first-order chi connectivity index (χ1) is 6.33. The van der Waals surface area contributed by atoms with Crippen molar-refractivity contribution in [3.63, 3.8) is 0 Å². The van der Waals surface area contributed by atoms with Gasteiger partial charge in [-0.25, -0.2) is 0 Å². The Labute approximate surface area is 91.7 Å². The van der Waals surface area contributed by atoms with Gasteiger partial charge in [-0.05, 0) is 0 Å². The van der Waals surface area contributed by atoms with Gasteiger partial charge in [-0.2, -0.15) is 0 Å². The van der Waals surface area contributed by atoms with Crippen molar-refractivity contribution < 1.29 is 22.3 Å². The number of carbonyl (C=O) groups is 1. The molecule has 1 aliphatic rings. The number of aliphatic carboxylic acids is 1. The predicted octanol–water partition coefficient (Wildman–Crippen LogP) is 4.46. The average molecular weight is 303 g/mol. The van der Waals surface area contributed by atoms with Gasteiger partial charge in [-0.3, -0.25) is 4.79 Å². The van der Waals surface area contributed by atoms with Gasteiger partial charge >= 0.3 is 68.8 Å². The molecule has 0 aromatic heterocycles. The van der Waals surface area contributed by atoms with E-state index in [2.05, 4.69) is 51.9 Å². The minimum absolute atomic E-state index is 0.713. The fraction of sp³-hybridized carbons (Fsp3) is 0.583. The molecule has 0 saturated heterocycles. The third-order valence-corrected chi connectivity index (χ3v) is 7.89. The molecule has 0 aliphatic heterocycles. The molecule has 93 valence electrons. The van der Waals surface area contributed by atoms with Crippen molar-refractivity contribution in [1.29, 1.82) is 0 Å². The zero-order valence-electron chi connectivity index (χ0n) is 10.6. The summed E-state index contributed by atoms with van der Waals surface area (Å²) >= 11 is -2.37. The van der Waals surface area contributed by atoms with Crippen LogP contribution in [0.3, 0.4) is 0 Å². The van der Waals surface area contributed by atoms with Crippen LogP contribution in [0.5, 0.6) is 0 Å². The van der Waals surface area contributed by atoms with Gasteiger partial charge in [-0.1, -0.05) is 0 Å². The Hall–Kier alpha value is -0.427. The first kappa shape index (κ1) is 14.6. The molecule has 0 spiro atoms. The van der Waals surface area contributed by atoms with Gasteiger partial charge in [-0.15, -0.1) is 0 Å². The van der Waals surface area contributed by atoms with E-state index in [9.17, 15) is 0 Å². The summed E-state index contributed by atoms with van der Waals surface area (Å²) in [5.41, 5.74) is 12.4. The first-order valence-electron chi connectivity index (χ1n) is 4.45. The van der Waals surface area contributed by atoms with Gasteiger partial charge in [0.1, 0.15) is 0 Å². The SMILES string of the molecule is CC(=O)O.[CH3][Rh]([CH3])([CH3])([CH3])([CH3])[CH]1C=CC=C1. The van der Waals surface area contributed by atoms with Crippen LogP contribution in [-0.2, 0) is 17.2 Å². The summed E-state index contributed by atoms with van der Waals surface area (Å²) in [5, 5.41) is 7.42. The second-order valence-electron chi connectivity index (χ2n) is 6.00. The number of carboxylic acids is 1. The zero-order chi connectivity index (χ0) is 12.4. The number of hydrogen-bond acceptors (Lipinski definition) is 1. The molecule has 3 heteroatoms. The van der Waals surface area contributed by atoms with Crippen LogP contribution in [0, 0.1) is 0 Å². The van der Waals surface area contributed by atoms with Crippen molar-refractivity contribution in [2.45, 2.75) is 39.0 Å². The van der Waals surface area contributed by atoms with Crippen molar-refractivity contribution in [3.05, 3.63) is 24.3 Å². The Bertz CT molecular complexity index is 287. The average Bonchev–Trinajstić information content (AvgIpc) is 2.27.